The average Bonchev–Trinajstić information content (AvgIpc) is 3.15. The molecular formula is C20H16FN3O2S. The summed E-state index contributed by atoms with van der Waals surface area (Å²) < 4.78 is 13.4. The van der Waals surface area contributed by atoms with E-state index in [4.69, 9.17) is 0 Å². The second-order valence-corrected chi connectivity index (χ2v) is 7.19. The van der Waals surface area contributed by atoms with E-state index in [1.807, 2.05) is 35.7 Å². The molecule has 0 fully saturated rings. The van der Waals surface area contributed by atoms with Crippen LogP contribution in [0, 0.1) is 5.82 Å². The van der Waals surface area contributed by atoms with E-state index in [2.05, 4.69) is 15.6 Å². The van der Waals surface area contributed by atoms with Crippen LogP contribution in [0.4, 0.5) is 10.1 Å². The number of amides is 2. The van der Waals surface area contributed by atoms with Crippen molar-refractivity contribution < 1.29 is 14.0 Å². The van der Waals surface area contributed by atoms with E-state index < -0.39 is 11.7 Å². The molecule has 0 saturated carbocycles. The van der Waals surface area contributed by atoms with Crippen molar-refractivity contribution in [3.8, 4) is 11.3 Å². The lowest BCUT2D eigenvalue weighted by Gasteiger charge is -2.24. The standard InChI is InChI=1S/C20H16FN3O2S/c21-13-6-7-14-15(9-18(25)23-16(14)8-13)20(26)22-10-19-24-17(11-27-19)12-4-2-1-3-5-12/h1-8,11,15H,9-10H2,(H,22,26)(H,23,25). The first-order chi connectivity index (χ1) is 13.1. The number of nitrogens with zero attached hydrogens (tertiary/aromatic N) is 1. The number of nitrogens with one attached hydrogen (secondary N) is 2. The molecule has 2 N–H and O–H groups in total. The van der Waals surface area contributed by atoms with Crippen LogP contribution >= 0.6 is 11.3 Å². The van der Waals surface area contributed by atoms with Crippen molar-refractivity contribution in [2.75, 3.05) is 5.32 Å². The Morgan fingerprint density at radius 1 is 1.26 bits per heavy atom. The van der Waals surface area contributed by atoms with Crippen LogP contribution in [0.2, 0.25) is 0 Å². The third-order valence-corrected chi connectivity index (χ3v) is 5.25. The molecule has 2 heterocycles. The first-order valence-electron chi connectivity index (χ1n) is 8.47. The zero-order chi connectivity index (χ0) is 18.8. The topological polar surface area (TPSA) is 71.1 Å². The van der Waals surface area contributed by atoms with Crippen molar-refractivity contribution in [2.45, 2.75) is 18.9 Å². The van der Waals surface area contributed by atoms with E-state index >= 15 is 0 Å². The van der Waals surface area contributed by atoms with Gasteiger partial charge in [0.2, 0.25) is 11.8 Å². The van der Waals surface area contributed by atoms with Gasteiger partial charge in [0.25, 0.3) is 0 Å². The summed E-state index contributed by atoms with van der Waals surface area (Å²) in [6.45, 7) is 0.283. The molecule has 0 aliphatic carbocycles. The first-order valence-corrected chi connectivity index (χ1v) is 9.35. The number of halogens is 1. The fraction of sp³-hybridized carbons (Fsp3) is 0.150. The average molecular weight is 381 g/mol. The normalized spacial score (nSPS) is 15.7. The Kier molecular flexibility index (Phi) is 4.68. The van der Waals surface area contributed by atoms with Crippen LogP contribution in [0.25, 0.3) is 11.3 Å². The molecule has 7 heteroatoms. The number of thiazole rings is 1. The SMILES string of the molecule is O=C1CC(C(=O)NCc2nc(-c3ccccc3)cs2)c2ccc(F)cc2N1. The molecule has 3 aromatic rings. The number of rotatable bonds is 4. The highest BCUT2D eigenvalue weighted by Gasteiger charge is 2.30. The Hall–Kier alpha value is -3.06. The molecule has 136 valence electrons. The van der Waals surface area contributed by atoms with Crippen LogP contribution in [0.1, 0.15) is 22.9 Å². The molecule has 1 unspecified atom stereocenters. The van der Waals surface area contributed by atoms with Gasteiger partial charge in [-0.15, -0.1) is 11.3 Å². The summed E-state index contributed by atoms with van der Waals surface area (Å²) in [5, 5.41) is 8.18. The molecule has 2 aromatic carbocycles. The number of fused-ring (bicyclic) bond motifs is 1. The lowest BCUT2D eigenvalue weighted by Crippen LogP contribution is -2.34. The van der Waals surface area contributed by atoms with Crippen LogP contribution < -0.4 is 10.6 Å². The molecule has 1 aromatic heterocycles. The Balaban J connectivity index is 1.46. The fourth-order valence-electron chi connectivity index (χ4n) is 3.09. The smallest absolute Gasteiger partial charge is 0.228 e. The molecule has 0 spiro atoms. The highest BCUT2D eigenvalue weighted by Crippen LogP contribution is 2.33. The summed E-state index contributed by atoms with van der Waals surface area (Å²) in [6.07, 6.45) is 0.0393. The minimum Gasteiger partial charge on any atom is -0.349 e. The molecule has 5 nitrogen and oxygen atoms in total. The molecule has 0 radical (unpaired) electrons. The number of benzene rings is 2. The Bertz CT molecular complexity index is 1000. The summed E-state index contributed by atoms with van der Waals surface area (Å²) in [5.41, 5.74) is 2.86. The number of carbonyl (C=O) groups excluding carboxylic acids is 2. The van der Waals surface area contributed by atoms with Gasteiger partial charge in [0.05, 0.1) is 18.2 Å². The van der Waals surface area contributed by atoms with Gasteiger partial charge in [-0.2, -0.15) is 0 Å². The molecule has 1 atom stereocenters. The third-order valence-electron chi connectivity index (χ3n) is 4.41. The number of hydrogen-bond acceptors (Lipinski definition) is 4. The van der Waals surface area contributed by atoms with E-state index in [1.54, 1.807) is 6.07 Å². The molecule has 0 bridgehead atoms. The summed E-state index contributed by atoms with van der Waals surface area (Å²) in [6, 6.07) is 13.9. The molecule has 27 heavy (non-hydrogen) atoms. The van der Waals surface area contributed by atoms with Crippen molar-refractivity contribution in [3.63, 3.8) is 0 Å². The van der Waals surface area contributed by atoms with Crippen LogP contribution in [0.5, 0.6) is 0 Å². The van der Waals surface area contributed by atoms with Crippen molar-refractivity contribution in [1.29, 1.82) is 0 Å². The highest BCUT2D eigenvalue weighted by molar-refractivity contribution is 7.09. The largest absolute Gasteiger partial charge is 0.349 e. The molecular weight excluding hydrogens is 365 g/mol. The van der Waals surface area contributed by atoms with Crippen LogP contribution in [-0.4, -0.2) is 16.8 Å². The fourth-order valence-corrected chi connectivity index (χ4v) is 3.83. The number of anilines is 1. The van der Waals surface area contributed by atoms with E-state index in [9.17, 15) is 14.0 Å². The van der Waals surface area contributed by atoms with Crippen molar-refractivity contribution >= 4 is 28.8 Å². The van der Waals surface area contributed by atoms with Gasteiger partial charge in [0.15, 0.2) is 0 Å². The molecule has 4 rings (SSSR count). The quantitative estimate of drug-likeness (QED) is 0.724. The summed E-state index contributed by atoms with van der Waals surface area (Å²) in [7, 11) is 0. The van der Waals surface area contributed by atoms with Crippen molar-refractivity contribution in [1.82, 2.24) is 10.3 Å². The van der Waals surface area contributed by atoms with Crippen molar-refractivity contribution in [3.05, 3.63) is 70.3 Å². The maximum absolute atomic E-state index is 13.4. The minimum absolute atomic E-state index is 0.0393. The second kappa shape index (κ2) is 7.28. The number of aromatic nitrogens is 1. The maximum Gasteiger partial charge on any atom is 0.228 e. The second-order valence-electron chi connectivity index (χ2n) is 6.25. The minimum atomic E-state index is -0.636. The zero-order valence-corrected chi connectivity index (χ0v) is 15.1. The lowest BCUT2D eigenvalue weighted by molar-refractivity contribution is -0.126. The number of hydrogen-bond donors (Lipinski definition) is 2. The van der Waals surface area contributed by atoms with Gasteiger partial charge in [-0.05, 0) is 17.7 Å². The van der Waals surface area contributed by atoms with E-state index in [0.717, 1.165) is 16.3 Å². The van der Waals surface area contributed by atoms with E-state index in [1.165, 1.54) is 23.5 Å². The van der Waals surface area contributed by atoms with Gasteiger partial charge >= 0.3 is 0 Å². The Morgan fingerprint density at radius 2 is 2.07 bits per heavy atom. The van der Waals surface area contributed by atoms with Gasteiger partial charge in [-0.25, -0.2) is 9.37 Å². The molecule has 0 saturated heterocycles. The zero-order valence-electron chi connectivity index (χ0n) is 14.2. The van der Waals surface area contributed by atoms with Crippen molar-refractivity contribution in [2.24, 2.45) is 0 Å². The van der Waals surface area contributed by atoms with Gasteiger partial charge in [-0.1, -0.05) is 36.4 Å². The summed E-state index contributed by atoms with van der Waals surface area (Å²) >= 11 is 1.47. The lowest BCUT2D eigenvalue weighted by atomic mass is 9.89. The van der Waals surface area contributed by atoms with E-state index in [0.29, 0.717) is 11.3 Å². The monoisotopic (exact) mass is 381 g/mol. The third kappa shape index (κ3) is 3.73. The predicted molar refractivity (Wildman–Crippen MR) is 102 cm³/mol. The number of carbonyl (C=O) groups is 2. The van der Waals surface area contributed by atoms with Gasteiger partial charge in [0.1, 0.15) is 10.8 Å². The molecule has 1 aliphatic rings. The van der Waals surface area contributed by atoms with Crippen LogP contribution in [0.3, 0.4) is 0 Å². The van der Waals surface area contributed by atoms with Gasteiger partial charge in [0, 0.05) is 23.1 Å². The molecule has 1 aliphatic heterocycles. The maximum atomic E-state index is 13.4. The first kappa shape index (κ1) is 17.4. The van der Waals surface area contributed by atoms with Gasteiger partial charge < -0.3 is 10.6 Å². The van der Waals surface area contributed by atoms with Gasteiger partial charge in [-0.3, -0.25) is 9.59 Å². The Morgan fingerprint density at radius 3 is 2.89 bits per heavy atom. The predicted octanol–water partition coefficient (Wildman–Crippen LogP) is 3.69. The molecule has 2 amide bonds. The summed E-state index contributed by atoms with van der Waals surface area (Å²) in [5.74, 6) is -1.66. The summed E-state index contributed by atoms with van der Waals surface area (Å²) in [4.78, 5) is 29.0. The van der Waals surface area contributed by atoms with Crippen LogP contribution in [-0.2, 0) is 16.1 Å². The highest BCUT2D eigenvalue weighted by atomic mass is 32.1. The van der Waals surface area contributed by atoms with Crippen LogP contribution in [0.15, 0.2) is 53.9 Å². The van der Waals surface area contributed by atoms with E-state index in [-0.39, 0.29) is 24.8 Å². The Labute approximate surface area is 159 Å².